The van der Waals surface area contributed by atoms with Gasteiger partial charge in [-0.25, -0.2) is 19.3 Å². The number of morpholine rings is 1. The molecule has 1 saturated heterocycles. The Hall–Kier alpha value is -3.58. The average Bonchev–Trinajstić information content (AvgIpc) is 2.79. The fraction of sp³-hybridized carbons (Fsp3) is 0.174. The summed E-state index contributed by atoms with van der Waals surface area (Å²) in [5.74, 6) is 0.192. The number of nitrogens with two attached hydrogens (primary N) is 1. The Morgan fingerprint density at radius 3 is 2.47 bits per heavy atom. The van der Waals surface area contributed by atoms with Gasteiger partial charge in [0.15, 0.2) is 0 Å². The lowest BCUT2D eigenvalue weighted by molar-refractivity contribution is 0.122. The average molecular weight is 401 g/mol. The molecule has 2 aromatic heterocycles. The van der Waals surface area contributed by atoms with Crippen LogP contribution in [0.2, 0.25) is 0 Å². The van der Waals surface area contributed by atoms with Crippen molar-refractivity contribution in [3.05, 3.63) is 66.9 Å². The molecule has 0 aliphatic carbocycles. The SMILES string of the molecule is Nc1cc(-c2ccc3ncnc(-c4ccc(N5CCOCC5)c(F)c4)c3c2)ccn1. The molecule has 0 bridgehead atoms. The summed E-state index contributed by atoms with van der Waals surface area (Å²) in [7, 11) is 0. The number of fused-ring (bicyclic) bond motifs is 1. The molecule has 2 N–H and O–H groups in total. The quantitative estimate of drug-likeness (QED) is 0.561. The standard InChI is InChI=1S/C23H20FN5O/c24-19-12-17(2-4-21(19)29-7-9-30-10-8-29)23-18-11-15(1-3-20(18)27-14-28-23)16-5-6-26-22(25)13-16/h1-6,11-14H,7-10H2,(H2,25,26). The molecule has 0 saturated carbocycles. The zero-order valence-electron chi connectivity index (χ0n) is 16.3. The van der Waals surface area contributed by atoms with Crippen LogP contribution in [0.5, 0.6) is 0 Å². The van der Waals surface area contributed by atoms with Crippen molar-refractivity contribution in [2.45, 2.75) is 0 Å². The molecular formula is C23H20FN5O. The number of anilines is 2. The first-order valence-electron chi connectivity index (χ1n) is 9.78. The molecule has 6 nitrogen and oxygen atoms in total. The normalized spacial score (nSPS) is 14.2. The lowest BCUT2D eigenvalue weighted by atomic mass is 10.0. The van der Waals surface area contributed by atoms with Crippen LogP contribution in [-0.4, -0.2) is 41.3 Å². The van der Waals surface area contributed by atoms with Gasteiger partial charge in [-0.2, -0.15) is 0 Å². The van der Waals surface area contributed by atoms with Crippen molar-refractivity contribution >= 4 is 22.4 Å². The topological polar surface area (TPSA) is 77.2 Å². The fourth-order valence-electron chi connectivity index (χ4n) is 3.81. The van der Waals surface area contributed by atoms with E-state index in [4.69, 9.17) is 10.5 Å². The number of hydrogen-bond donors (Lipinski definition) is 1. The Morgan fingerprint density at radius 2 is 1.67 bits per heavy atom. The van der Waals surface area contributed by atoms with Gasteiger partial charge in [-0.1, -0.05) is 12.1 Å². The summed E-state index contributed by atoms with van der Waals surface area (Å²) >= 11 is 0. The molecular weight excluding hydrogens is 381 g/mol. The van der Waals surface area contributed by atoms with Crippen molar-refractivity contribution in [3.8, 4) is 22.4 Å². The third kappa shape index (κ3) is 3.44. The lowest BCUT2D eigenvalue weighted by Gasteiger charge is -2.29. The van der Waals surface area contributed by atoms with E-state index in [-0.39, 0.29) is 5.82 Å². The van der Waals surface area contributed by atoms with Crippen molar-refractivity contribution in [1.29, 1.82) is 0 Å². The Morgan fingerprint density at radius 1 is 0.867 bits per heavy atom. The largest absolute Gasteiger partial charge is 0.384 e. The third-order valence-corrected chi connectivity index (χ3v) is 5.32. The highest BCUT2D eigenvalue weighted by Gasteiger charge is 2.17. The predicted molar refractivity (Wildman–Crippen MR) is 116 cm³/mol. The zero-order valence-corrected chi connectivity index (χ0v) is 16.3. The smallest absolute Gasteiger partial charge is 0.147 e. The minimum atomic E-state index is -0.265. The van der Waals surface area contributed by atoms with E-state index in [1.165, 1.54) is 6.33 Å². The molecule has 30 heavy (non-hydrogen) atoms. The first-order chi connectivity index (χ1) is 14.7. The van der Waals surface area contributed by atoms with Gasteiger partial charge in [0.1, 0.15) is 18.0 Å². The van der Waals surface area contributed by atoms with E-state index < -0.39 is 0 Å². The number of rotatable bonds is 3. The van der Waals surface area contributed by atoms with E-state index in [0.717, 1.165) is 22.0 Å². The number of benzene rings is 2. The molecule has 150 valence electrons. The van der Waals surface area contributed by atoms with E-state index >= 15 is 0 Å². The van der Waals surface area contributed by atoms with Gasteiger partial charge in [-0.15, -0.1) is 0 Å². The molecule has 0 radical (unpaired) electrons. The number of halogens is 1. The molecule has 0 amide bonds. The molecule has 2 aromatic carbocycles. The first kappa shape index (κ1) is 18.4. The minimum absolute atomic E-state index is 0.265. The molecule has 0 spiro atoms. The van der Waals surface area contributed by atoms with Crippen LogP contribution < -0.4 is 10.6 Å². The summed E-state index contributed by atoms with van der Waals surface area (Å²) in [6.45, 7) is 2.59. The number of nitrogens with zero attached hydrogens (tertiary/aromatic N) is 4. The summed E-state index contributed by atoms with van der Waals surface area (Å²) < 4.78 is 20.3. The van der Waals surface area contributed by atoms with Gasteiger partial charge < -0.3 is 15.4 Å². The predicted octanol–water partition coefficient (Wildman–Crippen LogP) is 3.92. The van der Waals surface area contributed by atoms with Crippen LogP contribution in [0.4, 0.5) is 15.9 Å². The van der Waals surface area contributed by atoms with Crippen molar-refractivity contribution in [3.63, 3.8) is 0 Å². The van der Waals surface area contributed by atoms with E-state index in [1.807, 2.05) is 47.4 Å². The number of hydrogen-bond acceptors (Lipinski definition) is 6. The van der Waals surface area contributed by atoms with Crippen LogP contribution in [0, 0.1) is 5.82 Å². The highest BCUT2D eigenvalue weighted by Crippen LogP contribution is 2.32. The van der Waals surface area contributed by atoms with Crippen LogP contribution in [0.1, 0.15) is 0 Å². The summed E-state index contributed by atoms with van der Waals surface area (Å²) in [4.78, 5) is 14.9. The van der Waals surface area contributed by atoms with Crippen LogP contribution in [0.3, 0.4) is 0 Å². The van der Waals surface area contributed by atoms with E-state index in [0.29, 0.717) is 49.1 Å². The number of aromatic nitrogens is 3. The molecule has 1 aliphatic rings. The maximum atomic E-state index is 15.0. The molecule has 0 unspecified atom stereocenters. The number of pyridine rings is 1. The minimum Gasteiger partial charge on any atom is -0.384 e. The molecule has 4 aromatic rings. The van der Waals surface area contributed by atoms with Gasteiger partial charge in [-0.3, -0.25) is 0 Å². The molecule has 1 fully saturated rings. The lowest BCUT2D eigenvalue weighted by Crippen LogP contribution is -2.36. The van der Waals surface area contributed by atoms with Crippen LogP contribution in [0.25, 0.3) is 33.3 Å². The van der Waals surface area contributed by atoms with Crippen molar-refractivity contribution in [1.82, 2.24) is 15.0 Å². The van der Waals surface area contributed by atoms with E-state index in [2.05, 4.69) is 15.0 Å². The number of ether oxygens (including phenoxy) is 1. The second-order valence-corrected chi connectivity index (χ2v) is 7.19. The third-order valence-electron chi connectivity index (χ3n) is 5.32. The first-order valence-corrected chi connectivity index (χ1v) is 9.78. The maximum Gasteiger partial charge on any atom is 0.147 e. The van der Waals surface area contributed by atoms with Crippen molar-refractivity contribution in [2.24, 2.45) is 0 Å². The molecule has 1 aliphatic heterocycles. The molecule has 0 atom stereocenters. The highest BCUT2D eigenvalue weighted by atomic mass is 19.1. The summed E-state index contributed by atoms with van der Waals surface area (Å²) in [5, 5.41) is 0.851. The number of nitrogen functional groups attached to an aromatic ring is 1. The van der Waals surface area contributed by atoms with E-state index in [9.17, 15) is 4.39 Å². The monoisotopic (exact) mass is 401 g/mol. The molecule has 5 rings (SSSR count). The maximum absolute atomic E-state index is 15.0. The van der Waals surface area contributed by atoms with Gasteiger partial charge >= 0.3 is 0 Å². The van der Waals surface area contributed by atoms with Crippen LogP contribution in [-0.2, 0) is 4.74 Å². The van der Waals surface area contributed by atoms with E-state index in [1.54, 1.807) is 12.3 Å². The Labute approximate surface area is 173 Å². The highest BCUT2D eigenvalue weighted by molar-refractivity contribution is 5.95. The van der Waals surface area contributed by atoms with Gasteiger partial charge in [0.05, 0.1) is 30.1 Å². The summed E-state index contributed by atoms with van der Waals surface area (Å²) in [6.07, 6.45) is 3.19. The van der Waals surface area contributed by atoms with Crippen LogP contribution in [0.15, 0.2) is 61.1 Å². The second-order valence-electron chi connectivity index (χ2n) is 7.19. The van der Waals surface area contributed by atoms with Gasteiger partial charge in [0.25, 0.3) is 0 Å². The molecule has 7 heteroatoms. The van der Waals surface area contributed by atoms with Crippen molar-refractivity contribution in [2.75, 3.05) is 36.9 Å². The summed E-state index contributed by atoms with van der Waals surface area (Å²) in [6, 6.07) is 14.9. The van der Waals surface area contributed by atoms with Gasteiger partial charge in [0, 0.05) is 30.2 Å². The van der Waals surface area contributed by atoms with Crippen LogP contribution >= 0.6 is 0 Å². The fourth-order valence-corrected chi connectivity index (χ4v) is 3.81. The van der Waals surface area contributed by atoms with Crippen molar-refractivity contribution < 1.29 is 9.13 Å². The Kier molecular flexibility index (Phi) is 4.72. The summed E-state index contributed by atoms with van der Waals surface area (Å²) in [5.41, 5.74) is 10.5. The van der Waals surface area contributed by atoms with Gasteiger partial charge in [0.2, 0.25) is 0 Å². The second kappa shape index (κ2) is 7.68. The molecule has 3 heterocycles. The Balaban J connectivity index is 1.58. The zero-order chi connectivity index (χ0) is 20.5. The van der Waals surface area contributed by atoms with Gasteiger partial charge in [-0.05, 0) is 47.5 Å². The Bertz CT molecular complexity index is 1220.